The molecule has 0 aliphatic carbocycles. The second-order valence-corrected chi connectivity index (χ2v) is 7.33. The van der Waals surface area contributed by atoms with Crippen molar-refractivity contribution in [2.45, 2.75) is 39.3 Å². The topological polar surface area (TPSA) is 76.4 Å². The molecule has 0 radical (unpaired) electrons. The number of piperazine rings is 1. The molecule has 2 amide bonds. The first kappa shape index (κ1) is 19.9. The summed E-state index contributed by atoms with van der Waals surface area (Å²) in [5.41, 5.74) is -0.190. The number of hydrogen-bond donors (Lipinski definition) is 1. The molecule has 1 aliphatic heterocycles. The zero-order chi connectivity index (χ0) is 19.3. The largest absolute Gasteiger partial charge is 0.336 e. The maximum atomic E-state index is 12.6. The first-order valence-electron chi connectivity index (χ1n) is 9.10. The lowest BCUT2D eigenvalue weighted by atomic mass is 9.89. The number of nitrogens with zero attached hydrogens (tertiary/aromatic N) is 3. The summed E-state index contributed by atoms with van der Waals surface area (Å²) in [7, 11) is 0. The standard InChI is InChI=1S/C20H28N4O2/c1-15(2)20(4,14-21)22-18(25)16(3)23-10-12-24(13-11-23)19(26)17-8-6-5-7-9-17/h5-9,15-16H,10-13H2,1-4H3,(H,22,25)/t16-,20-/m1/s1. The lowest BCUT2D eigenvalue weighted by Gasteiger charge is -2.38. The van der Waals surface area contributed by atoms with Crippen molar-refractivity contribution in [1.29, 1.82) is 5.26 Å². The molecule has 6 nitrogen and oxygen atoms in total. The average Bonchev–Trinajstić information content (AvgIpc) is 2.67. The van der Waals surface area contributed by atoms with E-state index in [2.05, 4.69) is 16.3 Å². The van der Waals surface area contributed by atoms with E-state index in [0.717, 1.165) is 0 Å². The summed E-state index contributed by atoms with van der Waals surface area (Å²) in [6.07, 6.45) is 0. The molecule has 6 heteroatoms. The molecule has 1 aliphatic rings. The lowest BCUT2D eigenvalue weighted by molar-refractivity contribution is -0.128. The van der Waals surface area contributed by atoms with Gasteiger partial charge in [-0.25, -0.2) is 0 Å². The minimum Gasteiger partial charge on any atom is -0.336 e. The molecule has 0 spiro atoms. The SMILES string of the molecule is CC(C)[C@@](C)(C#N)NC(=O)[C@@H](C)N1CCN(C(=O)c2ccccc2)CC1. The molecule has 0 unspecified atom stereocenters. The van der Waals surface area contributed by atoms with Crippen LogP contribution in [0.3, 0.4) is 0 Å². The predicted molar refractivity (Wildman–Crippen MR) is 100 cm³/mol. The second kappa shape index (κ2) is 8.33. The molecular weight excluding hydrogens is 328 g/mol. The molecule has 0 saturated carbocycles. The Morgan fingerprint density at radius 3 is 2.19 bits per heavy atom. The van der Waals surface area contributed by atoms with Crippen molar-refractivity contribution in [2.75, 3.05) is 26.2 Å². The van der Waals surface area contributed by atoms with Crippen molar-refractivity contribution in [1.82, 2.24) is 15.1 Å². The van der Waals surface area contributed by atoms with Crippen LogP contribution in [0, 0.1) is 17.2 Å². The van der Waals surface area contributed by atoms with Gasteiger partial charge in [-0.1, -0.05) is 32.0 Å². The zero-order valence-corrected chi connectivity index (χ0v) is 16.0. The Balaban J connectivity index is 1.92. The highest BCUT2D eigenvalue weighted by atomic mass is 16.2. The van der Waals surface area contributed by atoms with Crippen molar-refractivity contribution in [3.05, 3.63) is 35.9 Å². The molecule has 2 atom stereocenters. The van der Waals surface area contributed by atoms with Crippen LogP contribution in [-0.4, -0.2) is 59.4 Å². The van der Waals surface area contributed by atoms with Gasteiger partial charge in [-0.3, -0.25) is 14.5 Å². The van der Waals surface area contributed by atoms with Crippen LogP contribution >= 0.6 is 0 Å². The molecule has 1 aromatic carbocycles. The number of nitrogens with one attached hydrogen (secondary N) is 1. The average molecular weight is 356 g/mol. The third kappa shape index (κ3) is 4.41. The van der Waals surface area contributed by atoms with Gasteiger partial charge in [0.15, 0.2) is 0 Å². The van der Waals surface area contributed by atoms with Crippen LogP contribution in [0.25, 0.3) is 0 Å². The Morgan fingerprint density at radius 1 is 1.12 bits per heavy atom. The van der Waals surface area contributed by atoms with E-state index in [4.69, 9.17) is 0 Å². The van der Waals surface area contributed by atoms with Crippen molar-refractivity contribution in [3.8, 4) is 6.07 Å². The minimum atomic E-state index is -0.879. The number of carbonyl (C=O) groups is 2. The van der Waals surface area contributed by atoms with Gasteiger partial charge in [-0.15, -0.1) is 0 Å². The third-order valence-electron chi connectivity index (χ3n) is 5.32. The van der Waals surface area contributed by atoms with Crippen molar-refractivity contribution in [3.63, 3.8) is 0 Å². The zero-order valence-electron chi connectivity index (χ0n) is 16.0. The lowest BCUT2D eigenvalue weighted by Crippen LogP contribution is -2.58. The van der Waals surface area contributed by atoms with E-state index in [1.54, 1.807) is 6.92 Å². The summed E-state index contributed by atoms with van der Waals surface area (Å²) in [4.78, 5) is 29.0. The number of amides is 2. The fourth-order valence-corrected chi connectivity index (χ4v) is 2.90. The van der Waals surface area contributed by atoms with E-state index in [1.807, 2.05) is 56.0 Å². The monoisotopic (exact) mass is 356 g/mol. The Hall–Kier alpha value is -2.39. The molecule has 1 aromatic rings. The van der Waals surface area contributed by atoms with E-state index < -0.39 is 5.54 Å². The van der Waals surface area contributed by atoms with Crippen molar-refractivity contribution < 1.29 is 9.59 Å². The number of nitriles is 1. The Kier molecular flexibility index (Phi) is 6.38. The summed E-state index contributed by atoms with van der Waals surface area (Å²) >= 11 is 0. The van der Waals surface area contributed by atoms with Crippen molar-refractivity contribution in [2.24, 2.45) is 5.92 Å². The van der Waals surface area contributed by atoms with Crippen LogP contribution in [0.4, 0.5) is 0 Å². The molecule has 1 N–H and O–H groups in total. The molecule has 0 bridgehead atoms. The number of hydrogen-bond acceptors (Lipinski definition) is 4. The van der Waals surface area contributed by atoms with Gasteiger partial charge < -0.3 is 10.2 Å². The van der Waals surface area contributed by atoms with Gasteiger partial charge >= 0.3 is 0 Å². The summed E-state index contributed by atoms with van der Waals surface area (Å²) in [6, 6.07) is 11.1. The first-order chi connectivity index (χ1) is 12.3. The quantitative estimate of drug-likeness (QED) is 0.874. The van der Waals surface area contributed by atoms with E-state index in [1.165, 1.54) is 0 Å². The Morgan fingerprint density at radius 2 is 1.69 bits per heavy atom. The van der Waals surface area contributed by atoms with E-state index in [0.29, 0.717) is 31.7 Å². The van der Waals surface area contributed by atoms with Crippen molar-refractivity contribution >= 4 is 11.8 Å². The van der Waals surface area contributed by atoms with Crippen LogP contribution < -0.4 is 5.32 Å². The third-order valence-corrected chi connectivity index (χ3v) is 5.32. The second-order valence-electron chi connectivity index (χ2n) is 7.33. The highest BCUT2D eigenvalue weighted by Crippen LogP contribution is 2.17. The van der Waals surface area contributed by atoms with Crippen LogP contribution in [0.5, 0.6) is 0 Å². The van der Waals surface area contributed by atoms with Gasteiger partial charge in [-0.2, -0.15) is 5.26 Å². The smallest absolute Gasteiger partial charge is 0.253 e. The highest BCUT2D eigenvalue weighted by Gasteiger charge is 2.34. The van der Waals surface area contributed by atoms with E-state index in [9.17, 15) is 14.9 Å². The van der Waals surface area contributed by atoms with Crippen LogP contribution in [0.1, 0.15) is 38.1 Å². The Labute approximate surface area is 155 Å². The van der Waals surface area contributed by atoms with Crippen LogP contribution in [0.2, 0.25) is 0 Å². The first-order valence-corrected chi connectivity index (χ1v) is 9.10. The summed E-state index contributed by atoms with van der Waals surface area (Å²) in [5, 5.41) is 12.3. The minimum absolute atomic E-state index is 0.0176. The summed E-state index contributed by atoms with van der Waals surface area (Å²) in [5.74, 6) is -0.103. The molecule has 26 heavy (non-hydrogen) atoms. The van der Waals surface area contributed by atoms with Gasteiger partial charge in [0.2, 0.25) is 5.91 Å². The number of rotatable bonds is 5. The number of carbonyl (C=O) groups excluding carboxylic acids is 2. The molecule has 1 heterocycles. The fraction of sp³-hybridized carbons (Fsp3) is 0.550. The maximum absolute atomic E-state index is 12.6. The van der Waals surface area contributed by atoms with E-state index in [-0.39, 0.29) is 23.8 Å². The molecule has 1 fully saturated rings. The fourth-order valence-electron chi connectivity index (χ4n) is 2.90. The van der Waals surface area contributed by atoms with E-state index >= 15 is 0 Å². The predicted octanol–water partition coefficient (Wildman–Crippen LogP) is 1.89. The van der Waals surface area contributed by atoms with Crippen LogP contribution in [-0.2, 0) is 4.79 Å². The van der Waals surface area contributed by atoms with Gasteiger partial charge in [0.25, 0.3) is 5.91 Å². The summed E-state index contributed by atoms with van der Waals surface area (Å²) in [6.45, 7) is 9.89. The maximum Gasteiger partial charge on any atom is 0.253 e. The van der Waals surface area contributed by atoms with Gasteiger partial charge in [0.1, 0.15) is 5.54 Å². The molecule has 2 rings (SSSR count). The molecule has 0 aromatic heterocycles. The number of benzene rings is 1. The molecular formula is C20H28N4O2. The van der Waals surface area contributed by atoms with Gasteiger partial charge in [-0.05, 0) is 31.9 Å². The molecule has 1 saturated heterocycles. The van der Waals surface area contributed by atoms with Gasteiger partial charge in [0.05, 0.1) is 12.1 Å². The van der Waals surface area contributed by atoms with Gasteiger partial charge in [0, 0.05) is 31.7 Å². The normalized spacial score (nSPS) is 18.7. The Bertz CT molecular complexity index is 675. The summed E-state index contributed by atoms with van der Waals surface area (Å²) < 4.78 is 0. The van der Waals surface area contributed by atoms with Crippen LogP contribution in [0.15, 0.2) is 30.3 Å². The highest BCUT2D eigenvalue weighted by molar-refractivity contribution is 5.94. The molecule has 140 valence electrons.